The highest BCUT2D eigenvalue weighted by Gasteiger charge is 2.09. The third kappa shape index (κ3) is 4.95. The van der Waals surface area contributed by atoms with Gasteiger partial charge in [-0.2, -0.15) is 0 Å². The zero-order valence-corrected chi connectivity index (χ0v) is 15.7. The summed E-state index contributed by atoms with van der Waals surface area (Å²) in [4.78, 5) is 12.2. The molecular formula is C20H19ClN4O2. The lowest BCUT2D eigenvalue weighted by Crippen LogP contribution is -2.16. The average Bonchev–Trinajstić information content (AvgIpc) is 2.65. The van der Waals surface area contributed by atoms with Crippen molar-refractivity contribution in [1.29, 1.82) is 0 Å². The molecule has 0 aliphatic carbocycles. The summed E-state index contributed by atoms with van der Waals surface area (Å²) in [6, 6.07) is 16.4. The van der Waals surface area contributed by atoms with Crippen molar-refractivity contribution in [2.75, 3.05) is 17.7 Å². The number of aromatic nitrogens is 2. The van der Waals surface area contributed by atoms with Crippen LogP contribution in [0.1, 0.15) is 11.1 Å². The minimum Gasteiger partial charge on any atom is -0.495 e. The molecule has 0 aliphatic heterocycles. The maximum Gasteiger partial charge on any atom is 0.230 e. The van der Waals surface area contributed by atoms with Crippen LogP contribution in [0.3, 0.4) is 0 Å². The fourth-order valence-electron chi connectivity index (χ4n) is 2.55. The van der Waals surface area contributed by atoms with E-state index in [1.807, 2.05) is 31.2 Å². The minimum absolute atomic E-state index is 0.143. The number of aryl methyl sites for hydroxylation is 1. The number of carbonyl (C=O) groups is 1. The summed E-state index contributed by atoms with van der Waals surface area (Å²) in [5.41, 5.74) is 2.73. The number of ether oxygens (including phenoxy) is 1. The molecule has 0 atom stereocenters. The molecule has 0 radical (unpaired) electrons. The Morgan fingerprint density at radius 2 is 1.81 bits per heavy atom. The molecule has 1 aromatic heterocycles. The Bertz CT molecular complexity index is 945. The third-order valence-electron chi connectivity index (χ3n) is 3.97. The first-order valence-electron chi connectivity index (χ1n) is 8.34. The van der Waals surface area contributed by atoms with E-state index in [-0.39, 0.29) is 12.3 Å². The first kappa shape index (κ1) is 18.7. The van der Waals surface area contributed by atoms with Gasteiger partial charge >= 0.3 is 0 Å². The number of carbonyl (C=O) groups excluding carboxylic acids is 1. The fraction of sp³-hybridized carbons (Fsp3) is 0.150. The second kappa shape index (κ2) is 8.51. The van der Waals surface area contributed by atoms with Gasteiger partial charge < -0.3 is 15.4 Å². The molecule has 2 N–H and O–H groups in total. The van der Waals surface area contributed by atoms with Crippen molar-refractivity contribution in [2.24, 2.45) is 0 Å². The first-order valence-corrected chi connectivity index (χ1v) is 8.71. The molecule has 0 bridgehead atoms. The van der Waals surface area contributed by atoms with E-state index in [0.29, 0.717) is 28.1 Å². The number of nitrogens with one attached hydrogen (secondary N) is 2. The van der Waals surface area contributed by atoms with E-state index in [0.717, 1.165) is 11.1 Å². The summed E-state index contributed by atoms with van der Waals surface area (Å²) in [6.07, 6.45) is 0.286. The van der Waals surface area contributed by atoms with Gasteiger partial charge in [0.15, 0.2) is 11.6 Å². The first-order chi connectivity index (χ1) is 13.0. The lowest BCUT2D eigenvalue weighted by atomic mass is 10.1. The Morgan fingerprint density at radius 3 is 2.52 bits per heavy atom. The molecule has 138 valence electrons. The zero-order chi connectivity index (χ0) is 19.2. The molecular weight excluding hydrogens is 364 g/mol. The number of methoxy groups -OCH3 is 1. The maximum absolute atomic E-state index is 12.2. The number of rotatable bonds is 6. The van der Waals surface area contributed by atoms with Gasteiger partial charge in [0, 0.05) is 5.02 Å². The van der Waals surface area contributed by atoms with Crippen LogP contribution in [0.5, 0.6) is 5.75 Å². The van der Waals surface area contributed by atoms with E-state index in [2.05, 4.69) is 20.8 Å². The number of benzene rings is 2. The summed E-state index contributed by atoms with van der Waals surface area (Å²) in [5, 5.41) is 14.5. The summed E-state index contributed by atoms with van der Waals surface area (Å²) >= 11 is 6.02. The van der Waals surface area contributed by atoms with Crippen molar-refractivity contribution in [1.82, 2.24) is 10.2 Å². The summed E-state index contributed by atoms with van der Waals surface area (Å²) in [6.45, 7) is 1.98. The summed E-state index contributed by atoms with van der Waals surface area (Å²) in [7, 11) is 1.58. The SMILES string of the molecule is COc1ccc(Cl)cc1Nc1ccc(NC(=O)Cc2ccccc2C)nn1. The number of halogens is 1. The number of hydrogen-bond donors (Lipinski definition) is 2. The Morgan fingerprint density at radius 1 is 1.07 bits per heavy atom. The quantitative estimate of drug-likeness (QED) is 0.662. The van der Waals surface area contributed by atoms with Crippen LogP contribution < -0.4 is 15.4 Å². The van der Waals surface area contributed by atoms with Gasteiger partial charge in [-0.3, -0.25) is 4.79 Å². The van der Waals surface area contributed by atoms with Crippen molar-refractivity contribution in [3.05, 3.63) is 70.7 Å². The molecule has 0 saturated heterocycles. The van der Waals surface area contributed by atoms with Crippen LogP contribution in [0.25, 0.3) is 0 Å². The highest BCUT2D eigenvalue weighted by molar-refractivity contribution is 6.31. The van der Waals surface area contributed by atoms with E-state index >= 15 is 0 Å². The van der Waals surface area contributed by atoms with Gasteiger partial charge in [0.1, 0.15) is 5.75 Å². The van der Waals surface area contributed by atoms with E-state index in [1.54, 1.807) is 37.4 Å². The lowest BCUT2D eigenvalue weighted by molar-refractivity contribution is -0.115. The van der Waals surface area contributed by atoms with Crippen LogP contribution in [0.15, 0.2) is 54.6 Å². The predicted octanol–water partition coefficient (Wildman–Crippen LogP) is 4.37. The predicted molar refractivity (Wildman–Crippen MR) is 107 cm³/mol. The van der Waals surface area contributed by atoms with Crippen molar-refractivity contribution in [3.63, 3.8) is 0 Å². The van der Waals surface area contributed by atoms with Gasteiger partial charge in [-0.15, -0.1) is 10.2 Å². The van der Waals surface area contributed by atoms with E-state index in [4.69, 9.17) is 16.3 Å². The van der Waals surface area contributed by atoms with Gasteiger partial charge in [0.25, 0.3) is 0 Å². The molecule has 3 rings (SSSR count). The topological polar surface area (TPSA) is 76.1 Å². The second-order valence-corrected chi connectivity index (χ2v) is 6.36. The zero-order valence-electron chi connectivity index (χ0n) is 15.0. The van der Waals surface area contributed by atoms with Crippen LogP contribution in [-0.4, -0.2) is 23.2 Å². The average molecular weight is 383 g/mol. The van der Waals surface area contributed by atoms with Crippen molar-refractivity contribution < 1.29 is 9.53 Å². The van der Waals surface area contributed by atoms with E-state index in [1.165, 1.54) is 0 Å². The van der Waals surface area contributed by atoms with Crippen molar-refractivity contribution in [2.45, 2.75) is 13.3 Å². The molecule has 1 heterocycles. The Kier molecular flexibility index (Phi) is 5.88. The highest BCUT2D eigenvalue weighted by atomic mass is 35.5. The molecule has 2 aromatic carbocycles. The van der Waals surface area contributed by atoms with Crippen LogP contribution in [0.4, 0.5) is 17.3 Å². The summed E-state index contributed by atoms with van der Waals surface area (Å²) < 4.78 is 5.29. The lowest BCUT2D eigenvalue weighted by Gasteiger charge is -2.11. The Labute approximate surface area is 162 Å². The van der Waals surface area contributed by atoms with Gasteiger partial charge in [-0.25, -0.2) is 0 Å². The number of amides is 1. The van der Waals surface area contributed by atoms with Crippen molar-refractivity contribution in [3.8, 4) is 5.75 Å². The molecule has 0 aliphatic rings. The number of nitrogens with zero attached hydrogens (tertiary/aromatic N) is 2. The molecule has 0 fully saturated rings. The molecule has 0 saturated carbocycles. The molecule has 0 spiro atoms. The van der Waals surface area contributed by atoms with Gasteiger partial charge in [-0.05, 0) is 48.4 Å². The molecule has 27 heavy (non-hydrogen) atoms. The normalized spacial score (nSPS) is 10.3. The molecule has 1 amide bonds. The second-order valence-electron chi connectivity index (χ2n) is 5.92. The van der Waals surface area contributed by atoms with Crippen LogP contribution >= 0.6 is 11.6 Å². The minimum atomic E-state index is -0.143. The molecule has 0 unspecified atom stereocenters. The molecule has 6 nitrogen and oxygen atoms in total. The summed E-state index contributed by atoms with van der Waals surface area (Å²) in [5.74, 6) is 1.39. The van der Waals surface area contributed by atoms with Crippen LogP contribution in [0, 0.1) is 6.92 Å². The number of hydrogen-bond acceptors (Lipinski definition) is 5. The van der Waals surface area contributed by atoms with Gasteiger partial charge in [0.05, 0.1) is 19.2 Å². The molecule has 7 heteroatoms. The van der Waals surface area contributed by atoms with Crippen molar-refractivity contribution >= 4 is 34.8 Å². The maximum atomic E-state index is 12.2. The fourth-order valence-corrected chi connectivity index (χ4v) is 2.72. The smallest absolute Gasteiger partial charge is 0.230 e. The monoisotopic (exact) mass is 382 g/mol. The van der Waals surface area contributed by atoms with E-state index < -0.39 is 0 Å². The number of anilines is 3. The van der Waals surface area contributed by atoms with Gasteiger partial charge in [-0.1, -0.05) is 35.9 Å². The van der Waals surface area contributed by atoms with Crippen LogP contribution in [0.2, 0.25) is 5.02 Å². The van der Waals surface area contributed by atoms with Crippen LogP contribution in [-0.2, 0) is 11.2 Å². The van der Waals surface area contributed by atoms with Gasteiger partial charge in [0.2, 0.25) is 5.91 Å². The standard InChI is InChI=1S/C20H19ClN4O2/c1-13-5-3-4-6-14(13)11-20(26)23-19-10-9-18(24-25-19)22-16-12-15(21)7-8-17(16)27-2/h3-10,12H,11H2,1-2H3,(H,22,24)(H,23,25,26). The Balaban J connectivity index is 1.64. The Hall–Kier alpha value is -3.12. The van der Waals surface area contributed by atoms with E-state index in [9.17, 15) is 4.79 Å². The largest absolute Gasteiger partial charge is 0.495 e. The molecule has 3 aromatic rings. The third-order valence-corrected chi connectivity index (χ3v) is 4.20. The highest BCUT2D eigenvalue weighted by Crippen LogP contribution is 2.29.